The number of carbonyl (C=O) groups is 1. The third-order valence-corrected chi connectivity index (χ3v) is 3.81. The topological polar surface area (TPSA) is 85.4 Å². The molecule has 0 unspecified atom stereocenters. The van der Waals surface area contributed by atoms with Crippen molar-refractivity contribution in [3.8, 4) is 5.75 Å². The second kappa shape index (κ2) is 6.11. The molecule has 2 aromatic rings. The van der Waals surface area contributed by atoms with Crippen molar-refractivity contribution in [3.05, 3.63) is 48.2 Å². The van der Waals surface area contributed by atoms with E-state index in [1.807, 2.05) is 0 Å². The van der Waals surface area contributed by atoms with E-state index in [4.69, 9.17) is 15.4 Å². The average Bonchev–Trinajstić information content (AvgIpc) is 2.47. The number of methoxy groups -OCH3 is 1. The van der Waals surface area contributed by atoms with Crippen LogP contribution in [0.1, 0.15) is 10.4 Å². The number of hydrogen-bond donors (Lipinski definition) is 1. The van der Waals surface area contributed by atoms with E-state index < -0.39 is 9.05 Å². The van der Waals surface area contributed by atoms with Crippen molar-refractivity contribution in [2.45, 2.75) is 5.03 Å². The van der Waals surface area contributed by atoms with Gasteiger partial charge in [-0.2, -0.15) is 0 Å². The molecule has 1 aromatic heterocycles. The van der Waals surface area contributed by atoms with Crippen LogP contribution in [0, 0.1) is 0 Å². The number of hydrogen-bond acceptors (Lipinski definition) is 5. The molecule has 6 nitrogen and oxygen atoms in total. The summed E-state index contributed by atoms with van der Waals surface area (Å²) in [5.74, 6) is 0.297. The molecule has 0 bridgehead atoms. The van der Waals surface area contributed by atoms with Crippen LogP contribution in [0.2, 0.25) is 0 Å². The number of halogens is 1. The lowest BCUT2D eigenvalue weighted by molar-refractivity contribution is 0.102. The number of anilines is 1. The lowest BCUT2D eigenvalue weighted by Crippen LogP contribution is -2.12. The summed E-state index contributed by atoms with van der Waals surface area (Å²) in [6.45, 7) is 0. The van der Waals surface area contributed by atoms with Gasteiger partial charge in [0.05, 0.1) is 19.0 Å². The molecule has 2 rings (SSSR count). The van der Waals surface area contributed by atoms with E-state index in [9.17, 15) is 13.2 Å². The van der Waals surface area contributed by atoms with Crippen molar-refractivity contribution in [1.29, 1.82) is 0 Å². The number of nitrogens with one attached hydrogen (secondary N) is 1. The molecule has 0 radical (unpaired) electrons. The number of amides is 1. The Morgan fingerprint density at radius 1 is 1.19 bits per heavy atom. The van der Waals surface area contributed by atoms with Crippen LogP contribution < -0.4 is 10.1 Å². The highest BCUT2D eigenvalue weighted by Gasteiger charge is 2.12. The summed E-state index contributed by atoms with van der Waals surface area (Å²) in [4.78, 5) is 15.6. The lowest BCUT2D eigenvalue weighted by Gasteiger charge is -2.06. The Labute approximate surface area is 126 Å². The Hall–Kier alpha value is -2.12. The fourth-order valence-corrected chi connectivity index (χ4v) is 2.23. The first kappa shape index (κ1) is 15.3. The fraction of sp³-hybridized carbons (Fsp3) is 0.0769. The molecule has 0 saturated heterocycles. The summed E-state index contributed by atoms with van der Waals surface area (Å²) in [6, 6.07) is 9.17. The Morgan fingerprint density at radius 3 is 2.33 bits per heavy atom. The van der Waals surface area contributed by atoms with Crippen LogP contribution in [-0.4, -0.2) is 26.4 Å². The molecule has 21 heavy (non-hydrogen) atoms. The molecule has 110 valence electrons. The zero-order valence-electron chi connectivity index (χ0n) is 10.9. The zero-order valence-corrected chi connectivity index (χ0v) is 12.5. The maximum atomic E-state index is 12.0. The van der Waals surface area contributed by atoms with E-state index >= 15 is 0 Å². The lowest BCUT2D eigenvalue weighted by atomic mass is 10.2. The summed E-state index contributed by atoms with van der Waals surface area (Å²) in [5.41, 5.74) is 0.796. The van der Waals surface area contributed by atoms with Gasteiger partial charge in [0, 0.05) is 16.2 Å². The van der Waals surface area contributed by atoms with Crippen LogP contribution in [-0.2, 0) is 9.05 Å². The van der Waals surface area contributed by atoms with E-state index in [1.54, 1.807) is 24.3 Å². The minimum Gasteiger partial charge on any atom is -0.497 e. The largest absolute Gasteiger partial charge is 0.497 e. The number of pyridine rings is 1. The highest BCUT2D eigenvalue weighted by molar-refractivity contribution is 8.13. The van der Waals surface area contributed by atoms with Crippen LogP contribution in [0.15, 0.2) is 47.6 Å². The number of benzene rings is 1. The van der Waals surface area contributed by atoms with Crippen molar-refractivity contribution in [2.75, 3.05) is 12.4 Å². The van der Waals surface area contributed by atoms with Crippen molar-refractivity contribution >= 4 is 31.3 Å². The third-order valence-electron chi connectivity index (χ3n) is 2.60. The van der Waals surface area contributed by atoms with Crippen LogP contribution in [0.5, 0.6) is 5.75 Å². The summed E-state index contributed by atoms with van der Waals surface area (Å²) >= 11 is 0. The number of nitrogens with zero attached hydrogens (tertiary/aromatic N) is 1. The molecule has 0 spiro atoms. The van der Waals surface area contributed by atoms with Gasteiger partial charge in [-0.15, -0.1) is 0 Å². The van der Waals surface area contributed by atoms with E-state index in [0.717, 1.165) is 0 Å². The molecular weight excluding hydrogens is 316 g/mol. The summed E-state index contributed by atoms with van der Waals surface area (Å²) in [7, 11) is 2.81. The van der Waals surface area contributed by atoms with Gasteiger partial charge in [0.15, 0.2) is 5.03 Å². The van der Waals surface area contributed by atoms with Crippen LogP contribution >= 0.6 is 10.7 Å². The Morgan fingerprint density at radius 2 is 1.86 bits per heavy atom. The highest BCUT2D eigenvalue weighted by atomic mass is 35.7. The Kier molecular flexibility index (Phi) is 4.44. The number of carbonyl (C=O) groups excluding carboxylic acids is 1. The Bertz CT molecular complexity index is 743. The molecule has 0 aliphatic heterocycles. The van der Waals surface area contributed by atoms with E-state index in [-0.39, 0.29) is 10.9 Å². The summed E-state index contributed by atoms with van der Waals surface area (Å²) < 4.78 is 27.1. The van der Waals surface area contributed by atoms with Gasteiger partial charge in [-0.1, -0.05) is 0 Å². The minimum absolute atomic E-state index is 0.272. The van der Waals surface area contributed by atoms with Gasteiger partial charge >= 0.3 is 0 Å². The molecule has 0 fully saturated rings. The highest BCUT2D eigenvalue weighted by Crippen LogP contribution is 2.16. The molecule has 0 saturated carbocycles. The van der Waals surface area contributed by atoms with Gasteiger partial charge < -0.3 is 10.1 Å². The number of ether oxygens (including phenoxy) is 1. The first-order valence-electron chi connectivity index (χ1n) is 5.76. The van der Waals surface area contributed by atoms with Gasteiger partial charge in [-0.05, 0) is 36.4 Å². The van der Waals surface area contributed by atoms with Crippen molar-refractivity contribution < 1.29 is 17.9 Å². The SMILES string of the molecule is COc1ccc(C(=O)Nc2ccc(S(=O)(=O)Cl)nc2)cc1. The van der Waals surface area contributed by atoms with Crippen LogP contribution in [0.4, 0.5) is 5.69 Å². The monoisotopic (exact) mass is 326 g/mol. The molecule has 1 N–H and O–H groups in total. The molecule has 0 atom stereocenters. The van der Waals surface area contributed by atoms with Crippen LogP contribution in [0.3, 0.4) is 0 Å². The number of rotatable bonds is 4. The first-order valence-corrected chi connectivity index (χ1v) is 8.07. The minimum atomic E-state index is -3.87. The summed E-state index contributed by atoms with van der Waals surface area (Å²) in [5, 5.41) is 2.32. The predicted octanol–water partition coefficient (Wildman–Crippen LogP) is 2.27. The van der Waals surface area contributed by atoms with Gasteiger partial charge in [0.1, 0.15) is 5.75 Å². The van der Waals surface area contributed by atoms with Crippen molar-refractivity contribution in [2.24, 2.45) is 0 Å². The quantitative estimate of drug-likeness (QED) is 0.871. The van der Waals surface area contributed by atoms with Gasteiger partial charge in [-0.25, -0.2) is 13.4 Å². The van der Waals surface area contributed by atoms with E-state index in [1.165, 1.54) is 25.4 Å². The standard InChI is InChI=1S/C13H11ClN2O4S/c1-20-11-5-2-9(3-6-11)13(17)16-10-4-7-12(15-8-10)21(14,18)19/h2-8H,1H3,(H,16,17). The van der Waals surface area contributed by atoms with E-state index in [0.29, 0.717) is 17.0 Å². The van der Waals surface area contributed by atoms with Crippen LogP contribution in [0.25, 0.3) is 0 Å². The second-order valence-electron chi connectivity index (χ2n) is 4.01. The van der Waals surface area contributed by atoms with Crippen molar-refractivity contribution in [1.82, 2.24) is 4.98 Å². The normalized spacial score (nSPS) is 11.0. The maximum absolute atomic E-state index is 12.0. The molecule has 1 aromatic carbocycles. The average molecular weight is 327 g/mol. The van der Waals surface area contributed by atoms with Crippen molar-refractivity contribution in [3.63, 3.8) is 0 Å². The molecule has 1 amide bonds. The Balaban J connectivity index is 2.12. The molecule has 0 aliphatic carbocycles. The molecule has 1 heterocycles. The zero-order chi connectivity index (χ0) is 15.5. The van der Waals surface area contributed by atoms with Gasteiger partial charge in [0.2, 0.25) is 0 Å². The first-order chi connectivity index (χ1) is 9.90. The summed E-state index contributed by atoms with van der Waals surface area (Å²) in [6.07, 6.45) is 1.22. The molecule has 0 aliphatic rings. The third kappa shape index (κ3) is 3.93. The second-order valence-corrected chi connectivity index (χ2v) is 6.52. The maximum Gasteiger partial charge on any atom is 0.278 e. The van der Waals surface area contributed by atoms with E-state index in [2.05, 4.69) is 10.3 Å². The number of aromatic nitrogens is 1. The predicted molar refractivity (Wildman–Crippen MR) is 78.2 cm³/mol. The van der Waals surface area contributed by atoms with Gasteiger partial charge in [0.25, 0.3) is 15.0 Å². The fourth-order valence-electron chi connectivity index (χ4n) is 1.54. The molecular formula is C13H11ClN2O4S. The molecule has 8 heteroatoms. The smallest absolute Gasteiger partial charge is 0.278 e. The van der Waals surface area contributed by atoms with Gasteiger partial charge in [-0.3, -0.25) is 4.79 Å².